The Morgan fingerprint density at radius 1 is 1.40 bits per heavy atom. The van der Waals surface area contributed by atoms with Crippen LogP contribution in [0.2, 0.25) is 0 Å². The van der Waals surface area contributed by atoms with Crippen LogP contribution >= 0.6 is 0 Å². The predicted octanol–water partition coefficient (Wildman–Crippen LogP) is 3.21. The Hall–Kier alpha value is -2.89. The Balaban J connectivity index is 2.22. The quantitative estimate of drug-likeness (QED) is 0.449. The van der Waals surface area contributed by atoms with Crippen LogP contribution in [-0.2, 0) is 0 Å². The molecule has 3 aromatic rings. The number of aromatic amines is 1. The number of non-ortho nitro benzene ring substituents is 1. The van der Waals surface area contributed by atoms with E-state index >= 15 is 0 Å². The molecule has 0 aliphatic heterocycles. The van der Waals surface area contributed by atoms with Gasteiger partial charge in [-0.15, -0.1) is 0 Å². The summed E-state index contributed by atoms with van der Waals surface area (Å²) in [7, 11) is 0. The van der Waals surface area contributed by atoms with Gasteiger partial charge >= 0.3 is 0 Å². The number of aryl methyl sites for hydroxylation is 1. The zero-order valence-electron chi connectivity index (χ0n) is 10.5. The number of nitrogens with one attached hydrogen (secondary N) is 1. The van der Waals surface area contributed by atoms with Crippen LogP contribution in [-0.4, -0.2) is 15.7 Å². The highest BCUT2D eigenvalue weighted by Gasteiger charge is 2.22. The summed E-state index contributed by atoms with van der Waals surface area (Å²) >= 11 is 0. The normalized spacial score (nSPS) is 10.8. The number of carbonyl (C=O) groups is 1. The maximum atomic E-state index is 12.4. The summed E-state index contributed by atoms with van der Waals surface area (Å²) in [4.78, 5) is 25.9. The van der Waals surface area contributed by atoms with Gasteiger partial charge in [-0.25, -0.2) is 0 Å². The van der Waals surface area contributed by atoms with Crippen molar-refractivity contribution in [3.8, 4) is 0 Å². The molecule has 0 atom stereocenters. The molecule has 0 saturated heterocycles. The van der Waals surface area contributed by atoms with Gasteiger partial charge in [0.05, 0.1) is 27.0 Å². The number of fused-ring (bicyclic) bond motifs is 1. The van der Waals surface area contributed by atoms with E-state index in [1.807, 2.05) is 0 Å². The molecular weight excluding hydrogens is 260 g/mol. The molecule has 0 bridgehead atoms. The summed E-state index contributed by atoms with van der Waals surface area (Å²) < 4.78 is 5.11. The van der Waals surface area contributed by atoms with Gasteiger partial charge in [-0.2, -0.15) is 0 Å². The van der Waals surface area contributed by atoms with E-state index in [1.165, 1.54) is 18.5 Å². The molecule has 0 radical (unpaired) electrons. The van der Waals surface area contributed by atoms with Crippen molar-refractivity contribution in [2.45, 2.75) is 6.92 Å². The van der Waals surface area contributed by atoms with Crippen LogP contribution in [0.15, 0.2) is 41.1 Å². The van der Waals surface area contributed by atoms with Crippen molar-refractivity contribution in [3.05, 3.63) is 63.7 Å². The fraction of sp³-hybridized carbons (Fsp3) is 0.0714. The van der Waals surface area contributed by atoms with Gasteiger partial charge in [0.25, 0.3) is 5.69 Å². The molecule has 1 N–H and O–H groups in total. The summed E-state index contributed by atoms with van der Waals surface area (Å²) in [6.45, 7) is 1.73. The largest absolute Gasteiger partial charge is 0.469 e. The summed E-state index contributed by atoms with van der Waals surface area (Å²) in [6, 6.07) is 6.26. The minimum absolute atomic E-state index is 0.0904. The second-order valence-corrected chi connectivity index (χ2v) is 4.43. The van der Waals surface area contributed by atoms with Gasteiger partial charge in [-0.05, 0) is 19.1 Å². The third-order valence-corrected chi connectivity index (χ3v) is 3.12. The minimum Gasteiger partial charge on any atom is -0.469 e. The SMILES string of the molecule is Cc1cc(C(=O)c2c[nH]c3cccc([N+](=O)[O-])c23)co1. The monoisotopic (exact) mass is 270 g/mol. The van der Waals surface area contributed by atoms with Gasteiger partial charge in [0, 0.05) is 12.3 Å². The molecule has 0 aliphatic carbocycles. The van der Waals surface area contributed by atoms with Crippen molar-refractivity contribution in [2.24, 2.45) is 0 Å². The first kappa shape index (κ1) is 12.2. The molecule has 2 heterocycles. The first-order chi connectivity index (χ1) is 9.58. The summed E-state index contributed by atoms with van der Waals surface area (Å²) in [6.07, 6.45) is 2.84. The highest BCUT2D eigenvalue weighted by Crippen LogP contribution is 2.30. The Labute approximate surface area is 113 Å². The van der Waals surface area contributed by atoms with Gasteiger partial charge in [0.2, 0.25) is 0 Å². The van der Waals surface area contributed by atoms with Crippen molar-refractivity contribution in [3.63, 3.8) is 0 Å². The van der Waals surface area contributed by atoms with Crippen LogP contribution in [0.5, 0.6) is 0 Å². The molecule has 0 aliphatic rings. The van der Waals surface area contributed by atoms with E-state index in [9.17, 15) is 14.9 Å². The predicted molar refractivity (Wildman–Crippen MR) is 71.8 cm³/mol. The molecule has 0 fully saturated rings. The fourth-order valence-corrected chi connectivity index (χ4v) is 2.21. The van der Waals surface area contributed by atoms with Crippen LogP contribution in [0.1, 0.15) is 21.7 Å². The maximum Gasteiger partial charge on any atom is 0.279 e. The van der Waals surface area contributed by atoms with Crippen molar-refractivity contribution in [1.29, 1.82) is 0 Å². The van der Waals surface area contributed by atoms with Gasteiger partial charge in [0.1, 0.15) is 12.0 Å². The van der Waals surface area contributed by atoms with Crippen LogP contribution in [0.3, 0.4) is 0 Å². The average molecular weight is 270 g/mol. The average Bonchev–Trinajstić information content (AvgIpc) is 3.03. The van der Waals surface area contributed by atoms with E-state index in [4.69, 9.17) is 4.42 Å². The number of rotatable bonds is 3. The highest BCUT2D eigenvalue weighted by molar-refractivity contribution is 6.18. The third-order valence-electron chi connectivity index (χ3n) is 3.12. The van der Waals surface area contributed by atoms with E-state index in [1.54, 1.807) is 25.1 Å². The van der Waals surface area contributed by atoms with Crippen molar-refractivity contribution >= 4 is 22.4 Å². The molecule has 0 saturated carbocycles. The van der Waals surface area contributed by atoms with E-state index in [-0.39, 0.29) is 17.0 Å². The van der Waals surface area contributed by atoms with Crippen LogP contribution in [0.4, 0.5) is 5.69 Å². The number of nitro benzene ring substituents is 1. The van der Waals surface area contributed by atoms with E-state index in [0.717, 1.165) is 0 Å². The highest BCUT2D eigenvalue weighted by atomic mass is 16.6. The molecular formula is C14H10N2O4. The standard InChI is InChI=1S/C14H10N2O4/c1-8-5-9(7-20-8)14(17)10-6-15-11-3-2-4-12(13(10)11)16(18)19/h2-7,15H,1H3. The smallest absolute Gasteiger partial charge is 0.279 e. The molecule has 100 valence electrons. The Kier molecular flexibility index (Phi) is 2.64. The van der Waals surface area contributed by atoms with Crippen molar-refractivity contribution < 1.29 is 14.1 Å². The zero-order chi connectivity index (χ0) is 14.3. The first-order valence-corrected chi connectivity index (χ1v) is 5.92. The lowest BCUT2D eigenvalue weighted by molar-refractivity contribution is -0.383. The summed E-state index contributed by atoms with van der Waals surface area (Å²) in [5.74, 6) is 0.310. The lowest BCUT2D eigenvalue weighted by Crippen LogP contribution is -2.00. The third kappa shape index (κ3) is 1.78. The fourth-order valence-electron chi connectivity index (χ4n) is 2.21. The Morgan fingerprint density at radius 3 is 2.85 bits per heavy atom. The molecule has 0 unspecified atom stereocenters. The van der Waals surface area contributed by atoms with Crippen molar-refractivity contribution in [1.82, 2.24) is 4.98 Å². The zero-order valence-corrected chi connectivity index (χ0v) is 10.5. The van der Waals surface area contributed by atoms with Gasteiger partial charge in [-0.1, -0.05) is 6.07 Å². The number of hydrogen-bond donors (Lipinski definition) is 1. The van der Waals surface area contributed by atoms with Gasteiger partial charge in [0.15, 0.2) is 5.78 Å². The first-order valence-electron chi connectivity index (χ1n) is 5.92. The minimum atomic E-state index is -0.492. The molecule has 1 aromatic carbocycles. The Bertz CT molecular complexity index is 829. The van der Waals surface area contributed by atoms with Crippen LogP contribution < -0.4 is 0 Å². The molecule has 0 spiro atoms. The Morgan fingerprint density at radius 2 is 2.20 bits per heavy atom. The lowest BCUT2D eigenvalue weighted by Gasteiger charge is -1.97. The number of ketones is 1. The van der Waals surface area contributed by atoms with Gasteiger partial charge < -0.3 is 9.40 Å². The number of benzene rings is 1. The molecule has 6 heteroatoms. The molecule has 0 amide bonds. The van der Waals surface area contributed by atoms with Crippen LogP contribution in [0.25, 0.3) is 10.9 Å². The number of hydrogen-bond acceptors (Lipinski definition) is 4. The molecule has 3 rings (SSSR count). The molecule has 6 nitrogen and oxygen atoms in total. The summed E-state index contributed by atoms with van der Waals surface area (Å²) in [5, 5.41) is 11.4. The molecule has 2 aromatic heterocycles. The number of aromatic nitrogens is 1. The van der Waals surface area contributed by atoms with E-state index in [0.29, 0.717) is 22.2 Å². The van der Waals surface area contributed by atoms with Gasteiger partial charge in [-0.3, -0.25) is 14.9 Å². The summed E-state index contributed by atoms with van der Waals surface area (Å²) in [5.41, 5.74) is 1.12. The maximum absolute atomic E-state index is 12.4. The van der Waals surface area contributed by atoms with Crippen LogP contribution in [0, 0.1) is 17.0 Å². The number of nitrogens with zero attached hydrogens (tertiary/aromatic N) is 1. The molecule has 20 heavy (non-hydrogen) atoms. The topological polar surface area (TPSA) is 89.1 Å². The number of furan rings is 1. The second-order valence-electron chi connectivity index (χ2n) is 4.43. The van der Waals surface area contributed by atoms with E-state index in [2.05, 4.69) is 4.98 Å². The number of nitro groups is 1. The second kappa shape index (κ2) is 4.34. The van der Waals surface area contributed by atoms with E-state index < -0.39 is 4.92 Å². The van der Waals surface area contributed by atoms with Crippen molar-refractivity contribution in [2.75, 3.05) is 0 Å². The number of H-pyrrole nitrogens is 1. The number of carbonyl (C=O) groups excluding carboxylic acids is 1. The lowest BCUT2D eigenvalue weighted by atomic mass is 10.0.